The maximum absolute atomic E-state index is 12.4. The van der Waals surface area contributed by atoms with Crippen molar-refractivity contribution in [1.82, 2.24) is 10.2 Å². The van der Waals surface area contributed by atoms with Gasteiger partial charge >= 0.3 is 12.0 Å². The van der Waals surface area contributed by atoms with Gasteiger partial charge in [-0.15, -0.1) is 0 Å². The minimum Gasteiger partial charge on any atom is -0.478 e. The number of rotatable bonds is 3. The number of carboxylic acids is 1. The fourth-order valence-corrected chi connectivity index (χ4v) is 3.13. The van der Waals surface area contributed by atoms with Crippen LogP contribution in [0.25, 0.3) is 0 Å². The van der Waals surface area contributed by atoms with Gasteiger partial charge in [0.15, 0.2) is 0 Å². The number of hydrogen-bond donors (Lipinski definition) is 2. The predicted octanol–water partition coefficient (Wildman–Crippen LogP) is 3.09. The van der Waals surface area contributed by atoms with E-state index in [2.05, 4.69) is 23.5 Å². The largest absolute Gasteiger partial charge is 0.478 e. The summed E-state index contributed by atoms with van der Waals surface area (Å²) >= 11 is 0. The molecule has 0 unspecified atom stereocenters. The van der Waals surface area contributed by atoms with E-state index in [-0.39, 0.29) is 11.6 Å². The highest BCUT2D eigenvalue weighted by molar-refractivity contribution is 5.87. The molecule has 0 aliphatic carbocycles. The number of amides is 2. The van der Waals surface area contributed by atoms with Gasteiger partial charge in [-0.25, -0.2) is 9.59 Å². The van der Waals surface area contributed by atoms with E-state index in [9.17, 15) is 9.59 Å². The van der Waals surface area contributed by atoms with Crippen LogP contribution in [0, 0.1) is 0 Å². The number of nitrogens with zero attached hydrogens (tertiary/aromatic N) is 1. The summed E-state index contributed by atoms with van der Waals surface area (Å²) in [7, 11) is 0. The Hall–Kier alpha value is -2.82. The molecule has 2 aromatic rings. The van der Waals surface area contributed by atoms with Gasteiger partial charge in [0, 0.05) is 19.6 Å². The number of carbonyl (C=O) groups is 2. The first-order chi connectivity index (χ1) is 12.1. The summed E-state index contributed by atoms with van der Waals surface area (Å²) < 4.78 is 0. The van der Waals surface area contributed by atoms with E-state index in [1.807, 2.05) is 11.0 Å². The zero-order valence-corrected chi connectivity index (χ0v) is 14.1. The van der Waals surface area contributed by atoms with Gasteiger partial charge in [-0.3, -0.25) is 0 Å². The van der Waals surface area contributed by atoms with Crippen LogP contribution in [0.5, 0.6) is 0 Å². The monoisotopic (exact) mass is 338 g/mol. The second-order valence-corrected chi connectivity index (χ2v) is 6.27. The summed E-state index contributed by atoms with van der Waals surface area (Å²) in [6.07, 6.45) is 2.82. The van der Waals surface area contributed by atoms with Gasteiger partial charge in [0.2, 0.25) is 0 Å². The van der Waals surface area contributed by atoms with Gasteiger partial charge in [-0.05, 0) is 48.1 Å². The van der Waals surface area contributed by atoms with Gasteiger partial charge in [0.05, 0.1) is 5.56 Å². The number of urea groups is 1. The maximum atomic E-state index is 12.4. The third-order valence-electron chi connectivity index (χ3n) is 4.58. The zero-order chi connectivity index (χ0) is 17.6. The van der Waals surface area contributed by atoms with Crippen molar-refractivity contribution in [3.8, 4) is 0 Å². The van der Waals surface area contributed by atoms with Crippen molar-refractivity contribution in [2.45, 2.75) is 25.8 Å². The Morgan fingerprint density at radius 2 is 1.64 bits per heavy atom. The lowest BCUT2D eigenvalue weighted by atomic mass is 9.98. The lowest BCUT2D eigenvalue weighted by Crippen LogP contribution is -2.42. The van der Waals surface area contributed by atoms with E-state index in [1.165, 1.54) is 11.1 Å². The first-order valence-electron chi connectivity index (χ1n) is 8.55. The molecular weight excluding hydrogens is 316 g/mol. The van der Waals surface area contributed by atoms with Gasteiger partial charge in [-0.1, -0.05) is 36.4 Å². The Morgan fingerprint density at radius 1 is 0.960 bits per heavy atom. The highest BCUT2D eigenvalue weighted by Gasteiger charge is 2.16. The molecule has 1 heterocycles. The number of aryl methyl sites for hydroxylation is 1. The van der Waals surface area contributed by atoms with E-state index >= 15 is 0 Å². The highest BCUT2D eigenvalue weighted by atomic mass is 16.4. The zero-order valence-electron chi connectivity index (χ0n) is 14.1. The normalized spacial score (nSPS) is 14.2. The number of aromatic carboxylic acids is 1. The Kier molecular flexibility index (Phi) is 5.33. The van der Waals surface area contributed by atoms with Crippen molar-refractivity contribution in [3.63, 3.8) is 0 Å². The van der Waals surface area contributed by atoms with Crippen molar-refractivity contribution in [3.05, 3.63) is 70.8 Å². The summed E-state index contributed by atoms with van der Waals surface area (Å²) in [5.41, 5.74) is 3.85. The third kappa shape index (κ3) is 4.38. The number of hydrogen-bond acceptors (Lipinski definition) is 2. The standard InChI is InChI=1S/C20H22N2O3/c23-19(24)18-9-7-15(8-10-18)14-21-20(25)22-12-3-6-16-4-1-2-5-17(16)11-13-22/h1-2,4-5,7-10H,3,6,11-14H2,(H,21,25)(H,23,24). The fraction of sp³-hybridized carbons (Fsp3) is 0.300. The van der Waals surface area contributed by atoms with E-state index in [4.69, 9.17) is 5.11 Å². The van der Waals surface area contributed by atoms with Crippen LogP contribution in [0.15, 0.2) is 48.5 Å². The summed E-state index contributed by atoms with van der Waals surface area (Å²) in [5, 5.41) is 11.8. The number of benzene rings is 2. The highest BCUT2D eigenvalue weighted by Crippen LogP contribution is 2.16. The second kappa shape index (κ2) is 7.83. The van der Waals surface area contributed by atoms with Crippen molar-refractivity contribution in [2.24, 2.45) is 0 Å². The second-order valence-electron chi connectivity index (χ2n) is 6.27. The first kappa shape index (κ1) is 17.0. The summed E-state index contributed by atoms with van der Waals surface area (Å²) in [5.74, 6) is -0.948. The topological polar surface area (TPSA) is 69.6 Å². The van der Waals surface area contributed by atoms with Crippen LogP contribution in [0.4, 0.5) is 4.79 Å². The molecule has 5 heteroatoms. The fourth-order valence-electron chi connectivity index (χ4n) is 3.13. The summed E-state index contributed by atoms with van der Waals surface area (Å²) in [6, 6.07) is 14.9. The molecule has 3 rings (SSSR count). The minimum atomic E-state index is -0.948. The summed E-state index contributed by atoms with van der Waals surface area (Å²) in [4.78, 5) is 25.2. The molecule has 0 aromatic heterocycles. The van der Waals surface area contributed by atoms with Crippen LogP contribution in [0.2, 0.25) is 0 Å². The van der Waals surface area contributed by atoms with Crippen molar-refractivity contribution >= 4 is 12.0 Å². The lowest BCUT2D eigenvalue weighted by molar-refractivity contribution is 0.0697. The van der Waals surface area contributed by atoms with Crippen LogP contribution in [-0.2, 0) is 19.4 Å². The number of carbonyl (C=O) groups excluding carboxylic acids is 1. The summed E-state index contributed by atoms with van der Waals surface area (Å²) in [6.45, 7) is 1.85. The molecule has 0 bridgehead atoms. The minimum absolute atomic E-state index is 0.0679. The van der Waals surface area contributed by atoms with Crippen LogP contribution in [-0.4, -0.2) is 35.1 Å². The van der Waals surface area contributed by atoms with Crippen molar-refractivity contribution in [1.29, 1.82) is 0 Å². The molecule has 2 aromatic carbocycles. The maximum Gasteiger partial charge on any atom is 0.335 e. The van der Waals surface area contributed by atoms with E-state index in [0.717, 1.165) is 31.4 Å². The van der Waals surface area contributed by atoms with E-state index < -0.39 is 5.97 Å². The van der Waals surface area contributed by atoms with E-state index in [0.29, 0.717) is 13.1 Å². The molecule has 130 valence electrons. The molecule has 1 aliphatic rings. The molecule has 2 amide bonds. The Bertz CT molecular complexity index is 756. The molecule has 0 fully saturated rings. The van der Waals surface area contributed by atoms with E-state index in [1.54, 1.807) is 24.3 Å². The van der Waals surface area contributed by atoms with Crippen molar-refractivity contribution in [2.75, 3.05) is 13.1 Å². The average Bonchev–Trinajstić information content (AvgIpc) is 2.61. The van der Waals surface area contributed by atoms with Crippen LogP contribution >= 0.6 is 0 Å². The lowest BCUT2D eigenvalue weighted by Gasteiger charge is -2.26. The predicted molar refractivity (Wildman–Crippen MR) is 95.7 cm³/mol. The van der Waals surface area contributed by atoms with Crippen LogP contribution in [0.3, 0.4) is 0 Å². The number of nitrogens with one attached hydrogen (secondary N) is 1. The molecule has 5 nitrogen and oxygen atoms in total. The molecule has 2 N–H and O–H groups in total. The number of carboxylic acid groups (broad SMARTS) is 1. The Labute approximate surface area is 147 Å². The molecule has 0 saturated carbocycles. The van der Waals surface area contributed by atoms with Gasteiger partial charge in [0.25, 0.3) is 0 Å². The molecule has 1 aliphatic heterocycles. The van der Waals surface area contributed by atoms with Gasteiger partial charge in [0.1, 0.15) is 0 Å². The van der Waals surface area contributed by atoms with Crippen LogP contribution < -0.4 is 5.32 Å². The SMILES string of the molecule is O=C(O)c1ccc(CNC(=O)N2CCCc3ccccc3CC2)cc1. The molecule has 0 saturated heterocycles. The van der Waals surface area contributed by atoms with Crippen LogP contribution in [0.1, 0.15) is 33.5 Å². The van der Waals surface area contributed by atoms with Crippen molar-refractivity contribution < 1.29 is 14.7 Å². The Balaban J connectivity index is 1.55. The molecule has 0 spiro atoms. The molecular formula is C20H22N2O3. The smallest absolute Gasteiger partial charge is 0.335 e. The molecule has 0 radical (unpaired) electrons. The molecule has 25 heavy (non-hydrogen) atoms. The third-order valence-corrected chi connectivity index (χ3v) is 4.58. The average molecular weight is 338 g/mol. The van der Waals surface area contributed by atoms with Gasteiger partial charge in [-0.2, -0.15) is 0 Å². The first-order valence-corrected chi connectivity index (χ1v) is 8.55. The molecule has 0 atom stereocenters. The Morgan fingerprint density at radius 3 is 2.32 bits per heavy atom. The quantitative estimate of drug-likeness (QED) is 0.903. The number of fused-ring (bicyclic) bond motifs is 1. The van der Waals surface area contributed by atoms with Gasteiger partial charge < -0.3 is 15.3 Å².